The van der Waals surface area contributed by atoms with Crippen molar-refractivity contribution in [2.75, 3.05) is 11.5 Å². The lowest BCUT2D eigenvalue weighted by atomic mass is 9.91. The highest BCUT2D eigenvalue weighted by Gasteiger charge is 2.23. The van der Waals surface area contributed by atoms with Gasteiger partial charge in [0, 0.05) is 11.5 Å². The molecule has 0 aromatic rings. The monoisotopic (exact) mass is 479 g/mol. The highest BCUT2D eigenvalue weighted by atomic mass is 32.2. The van der Waals surface area contributed by atoms with Gasteiger partial charge in [0.1, 0.15) is 11.9 Å². The van der Waals surface area contributed by atoms with Gasteiger partial charge in [-0.1, -0.05) is 89.5 Å². The minimum atomic E-state index is -0.306. The molecule has 1 aliphatic rings. The molecule has 33 heavy (non-hydrogen) atoms. The van der Waals surface area contributed by atoms with Gasteiger partial charge >= 0.3 is 0 Å². The SMILES string of the molecule is CC1=NC(CSC/C=C(\C)CCCC(C)CCCC(C)CCCC(C)C)C(=N)N(N=N)NN1. The summed E-state index contributed by atoms with van der Waals surface area (Å²) in [6, 6.07) is -0.306. The maximum Gasteiger partial charge on any atom is 0.164 e. The van der Waals surface area contributed by atoms with E-state index in [4.69, 9.17) is 10.9 Å². The molecular weight excluding hydrogens is 430 g/mol. The molecular formula is C25H49N7S. The summed E-state index contributed by atoms with van der Waals surface area (Å²) in [6.45, 7) is 13.6. The molecule has 0 aromatic carbocycles. The number of hydrazine groups is 2. The third kappa shape index (κ3) is 13.8. The van der Waals surface area contributed by atoms with E-state index in [1.54, 1.807) is 11.8 Å². The van der Waals surface area contributed by atoms with Gasteiger partial charge < -0.3 is 0 Å². The van der Waals surface area contributed by atoms with Gasteiger partial charge in [0.05, 0.1) is 0 Å². The van der Waals surface area contributed by atoms with Gasteiger partial charge in [-0.15, -0.1) is 10.7 Å². The molecule has 0 spiro atoms. The van der Waals surface area contributed by atoms with Crippen LogP contribution in [0.4, 0.5) is 0 Å². The molecule has 190 valence electrons. The maximum atomic E-state index is 8.17. The summed E-state index contributed by atoms with van der Waals surface area (Å²) in [5.74, 6) is 5.04. The summed E-state index contributed by atoms with van der Waals surface area (Å²) in [5, 5.41) is 12.6. The Kier molecular flexibility index (Phi) is 15.3. The molecule has 0 amide bonds. The number of allylic oxidation sites excluding steroid dienone is 1. The smallest absolute Gasteiger partial charge is 0.164 e. The molecule has 3 atom stereocenters. The number of amidine groups is 2. The fourth-order valence-electron chi connectivity index (χ4n) is 4.05. The van der Waals surface area contributed by atoms with Gasteiger partial charge in [-0.3, -0.25) is 15.8 Å². The molecule has 8 heteroatoms. The van der Waals surface area contributed by atoms with Crippen molar-refractivity contribution in [2.45, 2.75) is 105 Å². The number of hydrogen-bond donors (Lipinski definition) is 4. The average Bonchev–Trinajstić information content (AvgIpc) is 2.88. The van der Waals surface area contributed by atoms with Crippen molar-refractivity contribution in [3.05, 3.63) is 11.6 Å². The lowest BCUT2D eigenvalue weighted by Gasteiger charge is -2.18. The van der Waals surface area contributed by atoms with Gasteiger partial charge in [0.15, 0.2) is 5.84 Å². The standard InChI is InChI=1S/C25H49N7S/c1-19(2)10-7-11-20(3)12-8-13-21(4)14-9-15-22(5)16-17-33-18-24-25(26)32(30-27)31-29-23(6)28-24/h16,19-21,24,26-27,31H,7-15,17-18H2,1-6H3,(H,28,29)/b22-16+,26-25?,30-27?. The van der Waals surface area contributed by atoms with E-state index in [0.29, 0.717) is 11.6 Å². The van der Waals surface area contributed by atoms with Gasteiger partial charge in [0.25, 0.3) is 0 Å². The van der Waals surface area contributed by atoms with Crippen LogP contribution in [-0.4, -0.2) is 34.3 Å². The van der Waals surface area contributed by atoms with Crippen molar-refractivity contribution in [2.24, 2.45) is 28.0 Å². The normalized spacial score (nSPS) is 19.2. The van der Waals surface area contributed by atoms with Crippen molar-refractivity contribution in [3.8, 4) is 0 Å². The molecule has 1 heterocycles. The van der Waals surface area contributed by atoms with Crippen LogP contribution in [0.25, 0.3) is 0 Å². The average molecular weight is 480 g/mol. The molecule has 3 unspecified atom stereocenters. The van der Waals surface area contributed by atoms with Crippen LogP contribution in [0.2, 0.25) is 0 Å². The fourth-order valence-corrected chi connectivity index (χ4v) is 5.04. The zero-order valence-corrected chi connectivity index (χ0v) is 22.7. The topological polar surface area (TPSA) is 99.7 Å². The summed E-state index contributed by atoms with van der Waals surface area (Å²) < 4.78 is 0. The van der Waals surface area contributed by atoms with Crippen molar-refractivity contribution < 1.29 is 0 Å². The third-order valence-corrected chi connectivity index (χ3v) is 7.26. The predicted octanol–water partition coefficient (Wildman–Crippen LogP) is 7.14. The minimum Gasteiger partial charge on any atom is -0.290 e. The molecule has 0 fully saturated rings. The molecule has 7 nitrogen and oxygen atoms in total. The summed E-state index contributed by atoms with van der Waals surface area (Å²) >= 11 is 1.77. The van der Waals surface area contributed by atoms with Crippen LogP contribution in [0.1, 0.15) is 99.3 Å². The number of thioether (sulfide) groups is 1. The Balaban J connectivity index is 2.17. The molecule has 0 bridgehead atoms. The number of hydrogen-bond acceptors (Lipinski definition) is 7. The van der Waals surface area contributed by atoms with Crippen LogP contribution in [0.15, 0.2) is 21.9 Å². The highest BCUT2D eigenvalue weighted by Crippen LogP contribution is 2.22. The fraction of sp³-hybridized carbons (Fsp3) is 0.840. The van der Waals surface area contributed by atoms with Gasteiger partial charge in [0.2, 0.25) is 0 Å². The van der Waals surface area contributed by atoms with E-state index in [-0.39, 0.29) is 11.9 Å². The third-order valence-electron chi connectivity index (χ3n) is 6.30. The summed E-state index contributed by atoms with van der Waals surface area (Å²) in [7, 11) is 0. The number of nitrogens with zero attached hydrogens (tertiary/aromatic N) is 3. The Morgan fingerprint density at radius 3 is 2.30 bits per heavy atom. The van der Waals surface area contributed by atoms with Gasteiger partial charge in [-0.25, -0.2) is 0 Å². The lowest BCUT2D eigenvalue weighted by Crippen LogP contribution is -2.48. The molecule has 4 N–H and O–H groups in total. The van der Waals surface area contributed by atoms with Crippen LogP contribution in [-0.2, 0) is 0 Å². The van der Waals surface area contributed by atoms with Crippen molar-refractivity contribution in [1.29, 1.82) is 10.9 Å². The first kappa shape index (κ1) is 29.6. The second kappa shape index (κ2) is 17.1. The van der Waals surface area contributed by atoms with Crippen LogP contribution in [0.5, 0.6) is 0 Å². The minimum absolute atomic E-state index is 0.182. The van der Waals surface area contributed by atoms with Crippen LogP contribution in [0, 0.1) is 28.7 Å². The van der Waals surface area contributed by atoms with E-state index >= 15 is 0 Å². The Morgan fingerprint density at radius 2 is 1.70 bits per heavy atom. The molecule has 0 aliphatic carbocycles. The second-order valence-electron chi connectivity index (χ2n) is 10.2. The Labute approximate surface area is 207 Å². The molecule has 0 aromatic heterocycles. The highest BCUT2D eigenvalue weighted by molar-refractivity contribution is 7.99. The number of rotatable bonds is 17. The van der Waals surface area contributed by atoms with E-state index in [1.807, 2.05) is 6.92 Å². The largest absolute Gasteiger partial charge is 0.290 e. The van der Waals surface area contributed by atoms with Gasteiger partial charge in [-0.2, -0.15) is 17.3 Å². The first-order valence-electron chi connectivity index (χ1n) is 12.8. The van der Waals surface area contributed by atoms with Crippen molar-refractivity contribution in [3.63, 3.8) is 0 Å². The van der Waals surface area contributed by atoms with Crippen LogP contribution >= 0.6 is 11.8 Å². The Hall–Kier alpha value is -1.41. The first-order chi connectivity index (χ1) is 15.7. The lowest BCUT2D eigenvalue weighted by molar-refractivity contribution is 0.269. The predicted molar refractivity (Wildman–Crippen MR) is 144 cm³/mol. The molecule has 1 aliphatic heterocycles. The zero-order chi connectivity index (χ0) is 24.6. The van der Waals surface area contributed by atoms with E-state index in [1.165, 1.54) is 63.4 Å². The van der Waals surface area contributed by atoms with Crippen molar-refractivity contribution in [1.82, 2.24) is 16.1 Å². The Morgan fingerprint density at radius 1 is 1.09 bits per heavy atom. The Bertz CT molecular complexity index is 632. The maximum absolute atomic E-state index is 8.17. The zero-order valence-electron chi connectivity index (χ0n) is 21.9. The number of aliphatic imine (C=N–C) groups is 1. The molecule has 0 saturated heterocycles. The van der Waals surface area contributed by atoms with Crippen LogP contribution < -0.4 is 11.0 Å². The van der Waals surface area contributed by atoms with Gasteiger partial charge in [-0.05, 0) is 44.4 Å². The summed E-state index contributed by atoms with van der Waals surface area (Å²) in [5.41, 5.74) is 14.1. The second-order valence-corrected chi connectivity index (χ2v) is 11.3. The van der Waals surface area contributed by atoms with Crippen molar-refractivity contribution >= 4 is 23.4 Å². The molecule has 0 radical (unpaired) electrons. The summed E-state index contributed by atoms with van der Waals surface area (Å²) in [6.07, 6.45) is 14.4. The first-order valence-corrected chi connectivity index (χ1v) is 13.9. The summed E-state index contributed by atoms with van der Waals surface area (Å²) in [4.78, 5) is 4.49. The van der Waals surface area contributed by atoms with E-state index < -0.39 is 0 Å². The van der Waals surface area contributed by atoms with Crippen LogP contribution in [0.3, 0.4) is 0 Å². The van der Waals surface area contributed by atoms with E-state index in [2.05, 4.69) is 61.9 Å². The quantitative estimate of drug-likeness (QED) is 0.101. The molecule has 1 rings (SSSR count). The number of nitrogens with one attached hydrogen (secondary N) is 4. The molecule has 0 saturated carbocycles. The van der Waals surface area contributed by atoms with E-state index in [9.17, 15) is 0 Å². The van der Waals surface area contributed by atoms with E-state index in [0.717, 1.165) is 28.6 Å².